The Bertz CT molecular complexity index is 1580. The Morgan fingerprint density at radius 1 is 1.03 bits per heavy atom. The number of hydrogen-bond donors (Lipinski definition) is 1. The Kier molecular flexibility index (Phi) is 5.74. The Hall–Kier alpha value is -4.53. The van der Waals surface area contributed by atoms with Crippen LogP contribution in [0.4, 0.5) is 11.6 Å². The van der Waals surface area contributed by atoms with Crippen molar-refractivity contribution in [3.8, 4) is 11.6 Å². The summed E-state index contributed by atoms with van der Waals surface area (Å²) in [4.78, 5) is 27.0. The minimum absolute atomic E-state index is 0.239. The molecule has 5 aromatic rings. The molecule has 0 saturated carbocycles. The number of aromatic nitrogens is 5. The van der Waals surface area contributed by atoms with Crippen molar-refractivity contribution in [1.82, 2.24) is 24.7 Å². The lowest BCUT2D eigenvalue weighted by Crippen LogP contribution is -2.12. The lowest BCUT2D eigenvalue weighted by Gasteiger charge is -2.14. The van der Waals surface area contributed by atoms with Crippen LogP contribution in [0.15, 0.2) is 54.7 Å². The second kappa shape index (κ2) is 9.02. The minimum Gasteiger partial charge on any atom is -0.494 e. The van der Waals surface area contributed by atoms with E-state index in [1.807, 2.05) is 62.4 Å². The van der Waals surface area contributed by atoms with E-state index in [9.17, 15) is 4.79 Å². The van der Waals surface area contributed by atoms with Crippen molar-refractivity contribution in [3.63, 3.8) is 0 Å². The largest absolute Gasteiger partial charge is 0.494 e. The summed E-state index contributed by atoms with van der Waals surface area (Å²) in [6, 6.07) is 15.3. The number of hydrogen-bond acceptors (Lipinski definition) is 8. The molecule has 35 heavy (non-hydrogen) atoms. The zero-order valence-electron chi connectivity index (χ0n) is 19.9. The highest BCUT2D eigenvalue weighted by Crippen LogP contribution is 2.30. The highest BCUT2D eigenvalue weighted by Gasteiger charge is 2.23. The number of anilines is 2. The molecule has 1 N–H and O–H groups in total. The van der Waals surface area contributed by atoms with Crippen LogP contribution in [0.5, 0.6) is 5.75 Å². The van der Waals surface area contributed by atoms with Crippen LogP contribution in [0.3, 0.4) is 0 Å². The number of esters is 1. The van der Waals surface area contributed by atoms with Crippen molar-refractivity contribution in [2.75, 3.05) is 19.0 Å². The van der Waals surface area contributed by atoms with E-state index < -0.39 is 5.97 Å². The van der Waals surface area contributed by atoms with Gasteiger partial charge in [0.25, 0.3) is 0 Å². The zero-order valence-corrected chi connectivity index (χ0v) is 19.9. The van der Waals surface area contributed by atoms with E-state index in [0.29, 0.717) is 34.4 Å². The maximum atomic E-state index is 12.8. The minimum atomic E-state index is -0.497. The molecule has 0 radical (unpaired) electrons. The molecule has 2 aromatic carbocycles. The molecule has 0 spiro atoms. The first-order valence-corrected chi connectivity index (χ1v) is 11.2. The molecule has 0 saturated heterocycles. The maximum absolute atomic E-state index is 12.8. The van der Waals surface area contributed by atoms with Gasteiger partial charge in [-0.3, -0.25) is 0 Å². The molecule has 9 nitrogen and oxygen atoms in total. The van der Waals surface area contributed by atoms with Crippen LogP contribution in [0, 0.1) is 13.8 Å². The van der Waals surface area contributed by atoms with Crippen molar-refractivity contribution in [2.24, 2.45) is 0 Å². The molecule has 3 heterocycles. The molecule has 3 aromatic heterocycles. The fourth-order valence-electron chi connectivity index (χ4n) is 3.97. The van der Waals surface area contributed by atoms with Gasteiger partial charge in [-0.15, -0.1) is 0 Å². The van der Waals surface area contributed by atoms with Crippen LogP contribution in [0.1, 0.15) is 28.5 Å². The number of methoxy groups -OCH3 is 1. The standard InChI is InChI=1S/C26H24N6O3/c1-5-35-26(33)18-14-27-32(22-13-15(2)17-9-8-12-21(34-4)23(17)30-22)25(18)31-24-16(3)28-19-10-6-7-11-20(19)29-24/h6-14H,5H2,1-4H3,(H,29,31). The highest BCUT2D eigenvalue weighted by atomic mass is 16.5. The number of aryl methyl sites for hydroxylation is 2. The molecule has 5 rings (SSSR count). The molecule has 0 amide bonds. The number of rotatable bonds is 6. The van der Waals surface area contributed by atoms with Gasteiger partial charge in [0.05, 0.1) is 36.6 Å². The third-order valence-corrected chi connectivity index (χ3v) is 5.68. The Morgan fingerprint density at radius 3 is 2.54 bits per heavy atom. The van der Waals surface area contributed by atoms with Crippen molar-refractivity contribution >= 4 is 39.5 Å². The van der Waals surface area contributed by atoms with Gasteiger partial charge in [0.2, 0.25) is 0 Å². The summed E-state index contributed by atoms with van der Waals surface area (Å²) in [5.74, 6) is 1.56. The summed E-state index contributed by atoms with van der Waals surface area (Å²) < 4.78 is 12.4. The van der Waals surface area contributed by atoms with E-state index in [4.69, 9.17) is 19.4 Å². The average molecular weight is 469 g/mol. The Balaban J connectivity index is 1.69. The van der Waals surface area contributed by atoms with Crippen LogP contribution >= 0.6 is 0 Å². The Labute approximate surface area is 201 Å². The summed E-state index contributed by atoms with van der Waals surface area (Å²) in [6.45, 7) is 5.85. The fourth-order valence-corrected chi connectivity index (χ4v) is 3.97. The number of nitrogens with zero attached hydrogens (tertiary/aromatic N) is 5. The predicted octanol–water partition coefficient (Wildman–Crippen LogP) is 4.91. The zero-order chi connectivity index (χ0) is 24.5. The lowest BCUT2D eigenvalue weighted by molar-refractivity contribution is 0.0527. The summed E-state index contributed by atoms with van der Waals surface area (Å²) in [6.07, 6.45) is 1.47. The maximum Gasteiger partial charge on any atom is 0.343 e. The van der Waals surface area contributed by atoms with Gasteiger partial charge in [0, 0.05) is 5.39 Å². The van der Waals surface area contributed by atoms with E-state index in [-0.39, 0.29) is 12.2 Å². The average Bonchev–Trinajstić information content (AvgIpc) is 3.28. The van der Waals surface area contributed by atoms with Gasteiger partial charge in [-0.1, -0.05) is 24.3 Å². The number of carbonyl (C=O) groups is 1. The van der Waals surface area contributed by atoms with Crippen LogP contribution < -0.4 is 10.1 Å². The van der Waals surface area contributed by atoms with Crippen molar-refractivity contribution < 1.29 is 14.3 Å². The Morgan fingerprint density at radius 2 is 1.80 bits per heavy atom. The molecule has 0 aliphatic carbocycles. The molecular weight excluding hydrogens is 444 g/mol. The number of fused-ring (bicyclic) bond motifs is 2. The van der Waals surface area contributed by atoms with Crippen LogP contribution in [0.25, 0.3) is 27.8 Å². The number of benzene rings is 2. The van der Waals surface area contributed by atoms with Crippen LogP contribution in [-0.4, -0.2) is 44.4 Å². The first kappa shape index (κ1) is 22.3. The number of pyridine rings is 1. The van der Waals surface area contributed by atoms with E-state index >= 15 is 0 Å². The second-order valence-corrected chi connectivity index (χ2v) is 7.96. The highest BCUT2D eigenvalue weighted by molar-refractivity contribution is 5.96. The molecule has 9 heteroatoms. The quantitative estimate of drug-likeness (QED) is 0.351. The topological polar surface area (TPSA) is 104 Å². The summed E-state index contributed by atoms with van der Waals surface area (Å²) in [7, 11) is 1.61. The van der Waals surface area contributed by atoms with Gasteiger partial charge in [-0.2, -0.15) is 9.78 Å². The first-order chi connectivity index (χ1) is 17.0. The van der Waals surface area contributed by atoms with Crippen molar-refractivity contribution in [2.45, 2.75) is 20.8 Å². The van der Waals surface area contributed by atoms with Crippen LogP contribution in [0.2, 0.25) is 0 Å². The molecule has 0 unspecified atom stereocenters. The second-order valence-electron chi connectivity index (χ2n) is 7.96. The normalized spacial score (nSPS) is 11.1. The van der Waals surface area contributed by atoms with Crippen molar-refractivity contribution in [1.29, 1.82) is 0 Å². The third-order valence-electron chi connectivity index (χ3n) is 5.68. The number of ether oxygens (including phenoxy) is 2. The molecule has 176 valence electrons. The molecule has 0 bridgehead atoms. The van der Waals surface area contributed by atoms with Gasteiger partial charge in [-0.05, 0) is 50.6 Å². The fraction of sp³-hybridized carbons (Fsp3) is 0.192. The molecule has 0 atom stereocenters. The molecular formula is C26H24N6O3. The smallest absolute Gasteiger partial charge is 0.343 e. The van der Waals surface area contributed by atoms with Gasteiger partial charge < -0.3 is 14.8 Å². The SMILES string of the molecule is CCOC(=O)c1cnn(-c2cc(C)c3cccc(OC)c3n2)c1Nc1nc2ccccc2nc1C. The number of para-hydroxylation sites is 3. The van der Waals surface area contributed by atoms with Gasteiger partial charge in [0.1, 0.15) is 16.8 Å². The van der Waals surface area contributed by atoms with Crippen LogP contribution in [-0.2, 0) is 4.74 Å². The van der Waals surface area contributed by atoms with E-state index in [2.05, 4.69) is 15.4 Å². The van der Waals surface area contributed by atoms with E-state index in [1.54, 1.807) is 18.7 Å². The summed E-state index contributed by atoms with van der Waals surface area (Å²) >= 11 is 0. The summed E-state index contributed by atoms with van der Waals surface area (Å²) in [5, 5.41) is 8.72. The molecule has 0 aliphatic rings. The predicted molar refractivity (Wildman–Crippen MR) is 134 cm³/mol. The molecule has 0 fully saturated rings. The van der Waals surface area contributed by atoms with Crippen molar-refractivity contribution in [3.05, 3.63) is 71.5 Å². The molecule has 0 aliphatic heterocycles. The van der Waals surface area contributed by atoms with E-state index in [1.165, 1.54) is 6.20 Å². The number of carbonyl (C=O) groups excluding carboxylic acids is 1. The number of nitrogens with one attached hydrogen (secondary N) is 1. The first-order valence-electron chi connectivity index (χ1n) is 11.2. The lowest BCUT2D eigenvalue weighted by atomic mass is 10.1. The third kappa shape index (κ3) is 4.01. The van der Waals surface area contributed by atoms with Gasteiger partial charge >= 0.3 is 5.97 Å². The van der Waals surface area contributed by atoms with Gasteiger partial charge in [-0.25, -0.2) is 19.7 Å². The van der Waals surface area contributed by atoms with E-state index in [0.717, 1.165) is 22.0 Å². The summed E-state index contributed by atoms with van der Waals surface area (Å²) in [5.41, 5.74) is 4.15. The monoisotopic (exact) mass is 468 g/mol. The van der Waals surface area contributed by atoms with Gasteiger partial charge in [0.15, 0.2) is 17.5 Å².